The maximum atomic E-state index is 12.8. The van der Waals surface area contributed by atoms with Gasteiger partial charge < -0.3 is 10.6 Å². The van der Waals surface area contributed by atoms with Crippen molar-refractivity contribution in [2.45, 2.75) is 26.3 Å². The monoisotopic (exact) mass is 395 g/mol. The Kier molecular flexibility index (Phi) is 5.81. The lowest BCUT2D eigenvalue weighted by atomic mass is 10.0. The van der Waals surface area contributed by atoms with E-state index in [9.17, 15) is 14.4 Å². The van der Waals surface area contributed by atoms with Crippen LogP contribution in [0.25, 0.3) is 22.3 Å². The molecule has 0 bridgehead atoms. The highest BCUT2D eigenvalue weighted by Gasteiger charge is 2.21. The number of fused-ring (bicyclic) bond motifs is 1. The number of nitrogens with one attached hydrogen (secondary N) is 3. The molecular weight excluding hydrogens is 370 g/mol. The largest absolute Gasteiger partial charge is 0.357 e. The highest BCUT2D eigenvalue weighted by Crippen LogP contribution is 2.22. The zero-order valence-corrected chi connectivity index (χ0v) is 16.9. The number of aromatic amines is 1. The van der Waals surface area contributed by atoms with E-state index in [1.165, 1.54) is 4.57 Å². The second-order valence-electron chi connectivity index (χ2n) is 7.43. The number of aryl methyl sites for hydroxylation is 1. The minimum Gasteiger partial charge on any atom is -0.357 e. The Hall–Kier alpha value is -3.42. The number of carbonyl (C=O) groups excluding carboxylic acids is 2. The first-order valence-corrected chi connectivity index (χ1v) is 9.47. The van der Waals surface area contributed by atoms with Crippen LogP contribution in [-0.4, -0.2) is 39.4 Å². The van der Waals surface area contributed by atoms with Crippen LogP contribution in [-0.2, 0) is 11.8 Å². The summed E-state index contributed by atoms with van der Waals surface area (Å²) < 4.78 is 1.49. The maximum absolute atomic E-state index is 12.8. The summed E-state index contributed by atoms with van der Waals surface area (Å²) in [5, 5.41) is 5.42. The predicted octanol–water partition coefficient (Wildman–Crippen LogP) is 1.82. The van der Waals surface area contributed by atoms with Gasteiger partial charge in [0.25, 0.3) is 5.91 Å². The number of nitrogens with zero attached hydrogens (tertiary/aromatic N) is 2. The van der Waals surface area contributed by atoms with Gasteiger partial charge in [0.1, 0.15) is 6.04 Å². The van der Waals surface area contributed by atoms with Gasteiger partial charge >= 0.3 is 5.69 Å². The average molecular weight is 395 g/mol. The van der Waals surface area contributed by atoms with Gasteiger partial charge in [-0.2, -0.15) is 0 Å². The first-order valence-electron chi connectivity index (χ1n) is 9.47. The molecule has 2 heterocycles. The Labute approximate surface area is 168 Å². The number of H-pyrrole nitrogens is 1. The van der Waals surface area contributed by atoms with Gasteiger partial charge in [0.15, 0.2) is 5.65 Å². The lowest BCUT2D eigenvalue weighted by Crippen LogP contribution is -2.46. The summed E-state index contributed by atoms with van der Waals surface area (Å²) in [4.78, 5) is 43.6. The molecule has 0 aliphatic rings. The summed E-state index contributed by atoms with van der Waals surface area (Å²) in [5.74, 6) is -0.273. The third-order valence-electron chi connectivity index (χ3n) is 4.79. The molecule has 0 aliphatic heterocycles. The number of aromatic nitrogens is 3. The van der Waals surface area contributed by atoms with Crippen molar-refractivity contribution in [1.29, 1.82) is 0 Å². The topological polar surface area (TPSA) is 109 Å². The summed E-state index contributed by atoms with van der Waals surface area (Å²) >= 11 is 0. The van der Waals surface area contributed by atoms with E-state index in [0.717, 1.165) is 11.1 Å². The quantitative estimate of drug-likeness (QED) is 0.591. The Bertz CT molecular complexity index is 1110. The van der Waals surface area contributed by atoms with Gasteiger partial charge in [0, 0.05) is 31.4 Å². The Morgan fingerprint density at radius 1 is 1.21 bits per heavy atom. The molecule has 0 fully saturated rings. The molecule has 1 aromatic carbocycles. The molecule has 0 aliphatic carbocycles. The molecule has 3 aromatic rings. The van der Waals surface area contributed by atoms with Crippen molar-refractivity contribution >= 4 is 23.0 Å². The van der Waals surface area contributed by atoms with E-state index in [0.29, 0.717) is 23.1 Å². The zero-order chi connectivity index (χ0) is 21.1. The molecular formula is C21H25N5O3. The van der Waals surface area contributed by atoms with Crippen LogP contribution in [0.1, 0.15) is 30.6 Å². The van der Waals surface area contributed by atoms with E-state index in [4.69, 9.17) is 0 Å². The number of hydrogen-bond donors (Lipinski definition) is 3. The lowest BCUT2D eigenvalue weighted by Gasteiger charge is -2.19. The van der Waals surface area contributed by atoms with E-state index in [-0.39, 0.29) is 23.4 Å². The summed E-state index contributed by atoms with van der Waals surface area (Å²) in [6.07, 6.45) is 2.20. The molecule has 1 atom stereocenters. The average Bonchev–Trinajstić information content (AvgIpc) is 3.00. The molecule has 29 heavy (non-hydrogen) atoms. The number of hydrogen-bond acceptors (Lipinski definition) is 4. The molecule has 2 aromatic heterocycles. The molecule has 0 spiro atoms. The van der Waals surface area contributed by atoms with Crippen molar-refractivity contribution in [3.63, 3.8) is 0 Å². The van der Waals surface area contributed by atoms with Crippen LogP contribution in [0.5, 0.6) is 0 Å². The number of benzene rings is 1. The first kappa shape index (κ1) is 20.3. The van der Waals surface area contributed by atoms with Crippen LogP contribution < -0.4 is 16.3 Å². The van der Waals surface area contributed by atoms with E-state index in [1.54, 1.807) is 38.5 Å². The van der Waals surface area contributed by atoms with Crippen LogP contribution in [0.4, 0.5) is 0 Å². The Morgan fingerprint density at radius 3 is 2.66 bits per heavy atom. The van der Waals surface area contributed by atoms with Crippen LogP contribution in [0, 0.1) is 5.92 Å². The summed E-state index contributed by atoms with van der Waals surface area (Å²) in [6.45, 7) is 4.00. The minimum absolute atomic E-state index is 0.216. The molecule has 2 amide bonds. The number of rotatable bonds is 6. The number of carbonyl (C=O) groups is 2. The summed E-state index contributed by atoms with van der Waals surface area (Å²) in [6, 6.07) is 8.36. The van der Waals surface area contributed by atoms with Gasteiger partial charge in [-0.05, 0) is 36.1 Å². The fraction of sp³-hybridized carbons (Fsp3) is 0.333. The molecule has 0 unspecified atom stereocenters. The normalized spacial score (nSPS) is 12.2. The first-order chi connectivity index (χ1) is 13.8. The van der Waals surface area contributed by atoms with Gasteiger partial charge in [0.05, 0.1) is 5.52 Å². The SMILES string of the molecule is CNC(=O)[C@H](CC(C)C)NC(=O)c1cccc(-c2cnc3[nH]c(=O)n(C)c3c2)c1. The summed E-state index contributed by atoms with van der Waals surface area (Å²) in [7, 11) is 3.23. The summed E-state index contributed by atoms with van der Waals surface area (Å²) in [5.41, 5.74) is 2.98. The van der Waals surface area contributed by atoms with Crippen molar-refractivity contribution in [2.24, 2.45) is 13.0 Å². The molecule has 3 rings (SSSR count). The second-order valence-corrected chi connectivity index (χ2v) is 7.43. The maximum Gasteiger partial charge on any atom is 0.327 e. The van der Waals surface area contributed by atoms with Crippen LogP contribution in [0.2, 0.25) is 0 Å². The van der Waals surface area contributed by atoms with Gasteiger partial charge in [-0.3, -0.25) is 19.1 Å². The molecule has 0 saturated carbocycles. The van der Waals surface area contributed by atoms with Crippen molar-refractivity contribution in [3.8, 4) is 11.1 Å². The van der Waals surface area contributed by atoms with E-state index >= 15 is 0 Å². The lowest BCUT2D eigenvalue weighted by molar-refractivity contribution is -0.122. The third-order valence-corrected chi connectivity index (χ3v) is 4.79. The van der Waals surface area contributed by atoms with Crippen LogP contribution >= 0.6 is 0 Å². The third kappa shape index (κ3) is 4.37. The molecule has 152 valence electrons. The standard InChI is InChI=1S/C21H25N5O3/c1-12(2)8-16(20(28)22-3)24-19(27)14-7-5-6-13(9-14)15-10-17-18(23-11-15)25-21(29)26(17)4/h5-7,9-12,16H,8H2,1-4H3,(H,22,28)(H,24,27)(H,23,25,29)/t16-/m0/s1. The molecule has 3 N–H and O–H groups in total. The fourth-order valence-corrected chi connectivity index (χ4v) is 3.22. The predicted molar refractivity (Wildman–Crippen MR) is 112 cm³/mol. The highest BCUT2D eigenvalue weighted by atomic mass is 16.2. The smallest absolute Gasteiger partial charge is 0.327 e. The fourth-order valence-electron chi connectivity index (χ4n) is 3.22. The van der Waals surface area contributed by atoms with Crippen molar-refractivity contribution < 1.29 is 9.59 Å². The van der Waals surface area contributed by atoms with Crippen LogP contribution in [0.15, 0.2) is 41.3 Å². The van der Waals surface area contributed by atoms with Crippen LogP contribution in [0.3, 0.4) is 0 Å². The number of pyridine rings is 1. The number of likely N-dealkylation sites (N-methyl/N-ethyl adjacent to an activating group) is 1. The highest BCUT2D eigenvalue weighted by molar-refractivity contribution is 5.98. The van der Waals surface area contributed by atoms with E-state index < -0.39 is 6.04 Å². The number of imidazole rings is 1. The molecule has 8 nitrogen and oxygen atoms in total. The second kappa shape index (κ2) is 8.30. The Balaban J connectivity index is 1.88. The van der Waals surface area contributed by atoms with Crippen molar-refractivity contribution in [3.05, 3.63) is 52.6 Å². The van der Waals surface area contributed by atoms with Gasteiger partial charge in [0.2, 0.25) is 5.91 Å². The molecule has 8 heteroatoms. The van der Waals surface area contributed by atoms with E-state index in [1.807, 2.05) is 26.0 Å². The Morgan fingerprint density at radius 2 is 1.97 bits per heavy atom. The van der Waals surface area contributed by atoms with Gasteiger partial charge in [-0.25, -0.2) is 9.78 Å². The minimum atomic E-state index is -0.594. The van der Waals surface area contributed by atoms with E-state index in [2.05, 4.69) is 20.6 Å². The molecule has 0 radical (unpaired) electrons. The zero-order valence-electron chi connectivity index (χ0n) is 16.9. The molecule has 0 saturated heterocycles. The van der Waals surface area contributed by atoms with Crippen molar-refractivity contribution in [1.82, 2.24) is 25.2 Å². The van der Waals surface area contributed by atoms with Crippen molar-refractivity contribution in [2.75, 3.05) is 7.05 Å². The van der Waals surface area contributed by atoms with Gasteiger partial charge in [-0.1, -0.05) is 26.0 Å². The number of amides is 2. The van der Waals surface area contributed by atoms with Gasteiger partial charge in [-0.15, -0.1) is 0 Å².